The van der Waals surface area contributed by atoms with Gasteiger partial charge in [-0.1, -0.05) is 48.0 Å². The van der Waals surface area contributed by atoms with E-state index < -0.39 is 0 Å². The highest BCUT2D eigenvalue weighted by Gasteiger charge is 2.25. The normalized spacial score (nSPS) is 17.3. The van der Waals surface area contributed by atoms with Gasteiger partial charge in [0.15, 0.2) is 0 Å². The average molecular weight is 559 g/mol. The van der Waals surface area contributed by atoms with Crippen molar-refractivity contribution in [2.75, 3.05) is 7.11 Å². The predicted molar refractivity (Wildman–Crippen MR) is 144 cm³/mol. The van der Waals surface area contributed by atoms with E-state index in [1.807, 2.05) is 70.2 Å². The third-order valence-corrected chi connectivity index (χ3v) is 6.77. The van der Waals surface area contributed by atoms with Gasteiger partial charge < -0.3 is 18.6 Å². The van der Waals surface area contributed by atoms with Gasteiger partial charge in [0.05, 0.1) is 38.1 Å². The van der Waals surface area contributed by atoms with Crippen molar-refractivity contribution in [2.45, 2.75) is 78.8 Å². The van der Waals surface area contributed by atoms with Crippen molar-refractivity contribution in [3.63, 3.8) is 0 Å². The SMILES string of the molecule is CC.COC(=O)c1c(C)cccc1COC1CCCC(OCc2nc(-c3ccc(Br)cc3)oc2C)C1. The zero-order valence-electron chi connectivity index (χ0n) is 21.8. The Labute approximate surface area is 222 Å². The molecule has 1 aliphatic carbocycles. The highest BCUT2D eigenvalue weighted by molar-refractivity contribution is 9.10. The van der Waals surface area contributed by atoms with Crippen LogP contribution in [0.4, 0.5) is 0 Å². The maximum absolute atomic E-state index is 12.2. The number of oxazole rings is 1. The van der Waals surface area contributed by atoms with E-state index in [4.69, 9.17) is 18.6 Å². The molecule has 1 heterocycles. The second-order valence-electron chi connectivity index (χ2n) is 8.66. The fourth-order valence-corrected chi connectivity index (χ4v) is 4.59. The number of rotatable bonds is 8. The van der Waals surface area contributed by atoms with Crippen molar-refractivity contribution in [3.8, 4) is 11.5 Å². The number of carbonyl (C=O) groups is 1. The van der Waals surface area contributed by atoms with E-state index in [0.29, 0.717) is 24.7 Å². The number of ether oxygens (including phenoxy) is 3. The predicted octanol–water partition coefficient (Wildman–Crippen LogP) is 7.58. The molecular formula is C29H36BrNO5. The van der Waals surface area contributed by atoms with Gasteiger partial charge in [-0.2, -0.15) is 0 Å². The molecule has 0 N–H and O–H groups in total. The molecule has 1 saturated carbocycles. The van der Waals surface area contributed by atoms with Gasteiger partial charge >= 0.3 is 5.97 Å². The van der Waals surface area contributed by atoms with Crippen molar-refractivity contribution < 1.29 is 23.4 Å². The van der Waals surface area contributed by atoms with Crippen LogP contribution in [-0.4, -0.2) is 30.3 Å². The summed E-state index contributed by atoms with van der Waals surface area (Å²) in [6.45, 7) is 8.62. The minimum atomic E-state index is -0.327. The van der Waals surface area contributed by atoms with Crippen LogP contribution in [0.5, 0.6) is 0 Å². The smallest absolute Gasteiger partial charge is 0.338 e. The number of halogens is 1. The number of esters is 1. The average Bonchev–Trinajstić information content (AvgIpc) is 3.28. The Morgan fingerprint density at radius 3 is 2.36 bits per heavy atom. The van der Waals surface area contributed by atoms with E-state index in [1.54, 1.807) is 0 Å². The highest BCUT2D eigenvalue weighted by atomic mass is 79.9. The molecular weight excluding hydrogens is 522 g/mol. The zero-order chi connectivity index (χ0) is 26.1. The minimum absolute atomic E-state index is 0.0847. The summed E-state index contributed by atoms with van der Waals surface area (Å²) in [5.74, 6) is 1.05. The summed E-state index contributed by atoms with van der Waals surface area (Å²) in [6, 6.07) is 13.7. The summed E-state index contributed by atoms with van der Waals surface area (Å²) in [5.41, 5.74) is 4.10. The number of methoxy groups -OCH3 is 1. The minimum Gasteiger partial charge on any atom is -0.465 e. The molecule has 0 spiro atoms. The molecule has 1 aromatic heterocycles. The number of hydrogen-bond acceptors (Lipinski definition) is 6. The Morgan fingerprint density at radius 2 is 1.69 bits per heavy atom. The molecule has 3 aromatic rings. The molecule has 0 radical (unpaired) electrons. The van der Waals surface area contributed by atoms with Crippen molar-refractivity contribution >= 4 is 21.9 Å². The van der Waals surface area contributed by atoms with E-state index in [9.17, 15) is 4.79 Å². The van der Waals surface area contributed by atoms with Gasteiger partial charge in [-0.05, 0) is 74.9 Å². The molecule has 2 unspecified atom stereocenters. The van der Waals surface area contributed by atoms with Crippen LogP contribution in [0.25, 0.3) is 11.5 Å². The molecule has 1 fully saturated rings. The summed E-state index contributed by atoms with van der Waals surface area (Å²) in [5, 5.41) is 0. The molecule has 6 nitrogen and oxygen atoms in total. The van der Waals surface area contributed by atoms with Gasteiger partial charge in [-0.3, -0.25) is 0 Å². The van der Waals surface area contributed by atoms with Crippen LogP contribution in [-0.2, 0) is 27.4 Å². The first-order valence-corrected chi connectivity index (χ1v) is 13.4. The van der Waals surface area contributed by atoms with Crippen molar-refractivity contribution in [1.29, 1.82) is 0 Å². The molecule has 0 bridgehead atoms. The van der Waals surface area contributed by atoms with Crippen LogP contribution in [0, 0.1) is 13.8 Å². The van der Waals surface area contributed by atoms with Gasteiger partial charge in [0, 0.05) is 10.0 Å². The molecule has 2 atom stereocenters. The van der Waals surface area contributed by atoms with Crippen molar-refractivity contribution in [3.05, 3.63) is 75.1 Å². The van der Waals surface area contributed by atoms with E-state index in [2.05, 4.69) is 20.9 Å². The Morgan fingerprint density at radius 1 is 1.03 bits per heavy atom. The number of hydrogen-bond donors (Lipinski definition) is 0. The first kappa shape index (κ1) is 28.1. The second kappa shape index (κ2) is 13.7. The van der Waals surface area contributed by atoms with Crippen molar-refractivity contribution in [1.82, 2.24) is 4.98 Å². The molecule has 194 valence electrons. The van der Waals surface area contributed by atoms with Crippen LogP contribution in [0.2, 0.25) is 0 Å². The van der Waals surface area contributed by atoms with Gasteiger partial charge in [-0.25, -0.2) is 9.78 Å². The lowest BCUT2D eigenvalue weighted by Crippen LogP contribution is -2.28. The fraction of sp³-hybridized carbons (Fsp3) is 0.448. The number of carbonyl (C=O) groups excluding carboxylic acids is 1. The first-order chi connectivity index (χ1) is 17.4. The molecule has 1 aliphatic rings. The maximum atomic E-state index is 12.2. The standard InChI is InChI=1S/C27H30BrNO5.C2H6/c1-17-6-4-7-20(25(17)27(30)31-3)15-32-22-8-5-9-23(14-22)33-16-24-18(2)34-26(29-24)19-10-12-21(28)13-11-19;1-2/h4,6-7,10-13,22-23H,5,8-9,14-16H2,1-3H3;1-2H3. The Hall–Kier alpha value is -2.48. The Bertz CT molecular complexity index is 1130. The van der Waals surface area contributed by atoms with Crippen LogP contribution in [0.3, 0.4) is 0 Å². The highest BCUT2D eigenvalue weighted by Crippen LogP contribution is 2.28. The van der Waals surface area contributed by atoms with E-state index >= 15 is 0 Å². The number of nitrogens with zero attached hydrogens (tertiary/aromatic N) is 1. The van der Waals surface area contributed by atoms with Crippen LogP contribution in [0.15, 0.2) is 51.4 Å². The molecule has 0 saturated heterocycles. The number of aryl methyl sites for hydroxylation is 2. The van der Waals surface area contributed by atoms with Crippen LogP contribution >= 0.6 is 15.9 Å². The maximum Gasteiger partial charge on any atom is 0.338 e. The van der Waals surface area contributed by atoms with E-state index in [-0.39, 0.29) is 18.2 Å². The lowest BCUT2D eigenvalue weighted by Gasteiger charge is -2.29. The van der Waals surface area contributed by atoms with E-state index in [1.165, 1.54) is 7.11 Å². The van der Waals surface area contributed by atoms with E-state index in [0.717, 1.165) is 58.3 Å². The third-order valence-electron chi connectivity index (χ3n) is 6.24. The number of aromatic nitrogens is 1. The molecule has 7 heteroatoms. The molecule has 36 heavy (non-hydrogen) atoms. The third kappa shape index (κ3) is 7.28. The monoisotopic (exact) mass is 557 g/mol. The molecule has 2 aromatic carbocycles. The van der Waals surface area contributed by atoms with Gasteiger partial charge in [0.1, 0.15) is 11.5 Å². The summed E-state index contributed by atoms with van der Waals surface area (Å²) >= 11 is 3.45. The summed E-state index contributed by atoms with van der Waals surface area (Å²) in [4.78, 5) is 16.8. The summed E-state index contributed by atoms with van der Waals surface area (Å²) in [7, 11) is 1.40. The summed E-state index contributed by atoms with van der Waals surface area (Å²) in [6.07, 6.45) is 4.01. The first-order valence-electron chi connectivity index (χ1n) is 12.6. The Kier molecular flexibility index (Phi) is 10.7. The van der Waals surface area contributed by atoms with Crippen LogP contribution < -0.4 is 0 Å². The quantitative estimate of drug-likeness (QED) is 0.266. The largest absolute Gasteiger partial charge is 0.465 e. The van der Waals surface area contributed by atoms with Gasteiger partial charge in [0.2, 0.25) is 5.89 Å². The van der Waals surface area contributed by atoms with Crippen molar-refractivity contribution in [2.24, 2.45) is 0 Å². The zero-order valence-corrected chi connectivity index (χ0v) is 23.4. The summed E-state index contributed by atoms with van der Waals surface area (Å²) < 4.78 is 24.3. The van der Waals surface area contributed by atoms with Crippen LogP contribution in [0.1, 0.15) is 72.5 Å². The lowest BCUT2D eigenvalue weighted by molar-refractivity contribution is -0.0564. The lowest BCUT2D eigenvalue weighted by atomic mass is 9.94. The van der Waals surface area contributed by atoms with Gasteiger partial charge in [0.25, 0.3) is 0 Å². The topological polar surface area (TPSA) is 70.8 Å². The fourth-order valence-electron chi connectivity index (χ4n) is 4.33. The van der Waals surface area contributed by atoms with Gasteiger partial charge in [-0.15, -0.1) is 0 Å². The second-order valence-corrected chi connectivity index (χ2v) is 9.58. The molecule has 0 amide bonds. The Balaban J connectivity index is 0.00000176. The molecule has 0 aliphatic heterocycles. The number of benzene rings is 2. The molecule has 4 rings (SSSR count).